The van der Waals surface area contributed by atoms with E-state index in [9.17, 15) is 22.8 Å². The second-order valence-corrected chi connectivity index (χ2v) is 12.5. The van der Waals surface area contributed by atoms with Crippen LogP contribution in [0.2, 0.25) is 5.02 Å². The summed E-state index contributed by atoms with van der Waals surface area (Å²) in [6.07, 6.45) is -1.52. The molecule has 5 rings (SSSR count). The van der Waals surface area contributed by atoms with Gasteiger partial charge in [-0.15, -0.1) is 0 Å². The highest BCUT2D eigenvalue weighted by Crippen LogP contribution is 2.48. The third kappa shape index (κ3) is 9.94. The summed E-state index contributed by atoms with van der Waals surface area (Å²) in [6.45, 7) is 2.94. The maximum atomic E-state index is 12.9. The zero-order valence-electron chi connectivity index (χ0n) is 26.0. The van der Waals surface area contributed by atoms with E-state index in [1.807, 2.05) is 26.0 Å². The maximum Gasteiger partial charge on any atom is 0.422 e. The van der Waals surface area contributed by atoms with Crippen LogP contribution in [0.4, 0.5) is 36.6 Å². The van der Waals surface area contributed by atoms with Crippen LogP contribution in [0, 0.1) is 5.41 Å². The normalized spacial score (nSPS) is 13.7. The minimum absolute atomic E-state index is 0.0287. The van der Waals surface area contributed by atoms with E-state index in [-0.39, 0.29) is 30.3 Å². The van der Waals surface area contributed by atoms with Gasteiger partial charge in [0, 0.05) is 29.4 Å². The number of amides is 2. The maximum absolute atomic E-state index is 12.9. The number of aromatic nitrogens is 5. The number of anilines is 4. The molecule has 2 heterocycles. The third-order valence-electron chi connectivity index (χ3n) is 7.31. The van der Waals surface area contributed by atoms with Gasteiger partial charge in [-0.05, 0) is 66.3 Å². The number of nitrogens with zero attached hydrogens (tertiary/aromatic N) is 4. The molecule has 2 aromatic carbocycles. The van der Waals surface area contributed by atoms with E-state index in [1.54, 1.807) is 48.7 Å². The number of H-pyrrole nitrogens is 1. The fourth-order valence-electron chi connectivity index (χ4n) is 4.52. The van der Waals surface area contributed by atoms with Crippen molar-refractivity contribution in [2.24, 2.45) is 5.41 Å². The molecular weight excluding hydrogens is 653 g/mol. The van der Waals surface area contributed by atoms with Gasteiger partial charge in [-0.3, -0.25) is 14.7 Å². The molecule has 2 amide bonds. The standard InChI is InChI=1S/C31H34ClF3N10O3/c1-29(2,16-37-24(46)15-36-23-11-14-39-45-23)17-38-25(47)19-3-9-22(10-4-19)40-26-41-27(43-28(42-26)48-18-31(33,34)35)44-30(12-13-30)20-5-7-21(32)8-6-20/h3-11,14H,12-13,15-18H2,1-2H3,(H,37,46)(H,38,47)(H2,36,39,45)(H2,40,41,42,43,44). The SMILES string of the molecule is CC(C)(CNC(=O)CNc1ccn[nH]1)CNC(=O)c1ccc(Nc2nc(NC3(c4ccc(Cl)cc4)CC3)nc(OCC(F)(F)F)n2)cc1. The Hall–Kier alpha value is -5.12. The number of carbonyl (C=O) groups is 2. The molecule has 48 heavy (non-hydrogen) atoms. The lowest BCUT2D eigenvalue weighted by Crippen LogP contribution is -2.43. The van der Waals surface area contributed by atoms with Crippen LogP contribution in [-0.4, -0.2) is 69.4 Å². The van der Waals surface area contributed by atoms with Crippen molar-refractivity contribution in [3.8, 4) is 6.01 Å². The fraction of sp³-hybridized carbons (Fsp3) is 0.355. The van der Waals surface area contributed by atoms with Crippen LogP contribution in [0.3, 0.4) is 0 Å². The number of ether oxygens (including phenoxy) is 1. The minimum atomic E-state index is -4.59. The zero-order valence-corrected chi connectivity index (χ0v) is 26.8. The van der Waals surface area contributed by atoms with Crippen molar-refractivity contribution < 1.29 is 27.5 Å². The summed E-state index contributed by atoms with van der Waals surface area (Å²) in [5.74, 6) is 0.0665. The predicted octanol–water partition coefficient (Wildman–Crippen LogP) is 5.02. The monoisotopic (exact) mass is 686 g/mol. The van der Waals surface area contributed by atoms with Crippen LogP contribution in [0.5, 0.6) is 6.01 Å². The van der Waals surface area contributed by atoms with Gasteiger partial charge in [-0.25, -0.2) is 0 Å². The van der Waals surface area contributed by atoms with Crippen molar-refractivity contribution in [1.82, 2.24) is 35.8 Å². The zero-order chi connectivity index (χ0) is 34.4. The molecule has 13 nitrogen and oxygen atoms in total. The van der Waals surface area contributed by atoms with Gasteiger partial charge in [0.05, 0.1) is 18.3 Å². The Bertz CT molecular complexity index is 1700. The molecule has 0 spiro atoms. The Balaban J connectivity index is 1.18. The van der Waals surface area contributed by atoms with Crippen LogP contribution >= 0.6 is 11.6 Å². The number of nitrogens with one attached hydrogen (secondary N) is 6. The number of hydrogen-bond acceptors (Lipinski definition) is 10. The summed E-state index contributed by atoms with van der Waals surface area (Å²) in [6, 6.07) is 14.8. The van der Waals surface area contributed by atoms with Crippen molar-refractivity contribution in [2.45, 2.75) is 38.4 Å². The molecule has 254 valence electrons. The van der Waals surface area contributed by atoms with E-state index in [0.717, 1.165) is 18.4 Å². The Morgan fingerprint density at radius 3 is 2.27 bits per heavy atom. The number of halogens is 4. The molecule has 6 N–H and O–H groups in total. The van der Waals surface area contributed by atoms with Gasteiger partial charge in [0.15, 0.2) is 6.61 Å². The van der Waals surface area contributed by atoms with E-state index in [0.29, 0.717) is 35.2 Å². The summed E-state index contributed by atoms with van der Waals surface area (Å²) in [5.41, 5.74) is 0.826. The number of alkyl halides is 3. The average molecular weight is 687 g/mol. The molecule has 0 saturated heterocycles. The second-order valence-electron chi connectivity index (χ2n) is 12.0. The van der Waals surface area contributed by atoms with Crippen LogP contribution < -0.4 is 31.3 Å². The van der Waals surface area contributed by atoms with Crippen LogP contribution in [-0.2, 0) is 10.3 Å². The van der Waals surface area contributed by atoms with Crippen molar-refractivity contribution in [3.63, 3.8) is 0 Å². The van der Waals surface area contributed by atoms with Gasteiger partial charge in [0.25, 0.3) is 5.91 Å². The Labute approximate surface area is 278 Å². The first-order valence-corrected chi connectivity index (χ1v) is 15.3. The number of hydrogen-bond donors (Lipinski definition) is 6. The minimum Gasteiger partial charge on any atom is -0.454 e. The molecule has 0 radical (unpaired) electrons. The first-order valence-electron chi connectivity index (χ1n) is 14.9. The van der Waals surface area contributed by atoms with Crippen molar-refractivity contribution in [2.75, 3.05) is 42.2 Å². The molecule has 1 fully saturated rings. The fourth-order valence-corrected chi connectivity index (χ4v) is 4.65. The molecule has 17 heteroatoms. The molecule has 4 aromatic rings. The summed E-state index contributed by atoms with van der Waals surface area (Å²) in [4.78, 5) is 37.5. The summed E-state index contributed by atoms with van der Waals surface area (Å²) in [5, 5.41) is 21.9. The number of benzene rings is 2. The lowest BCUT2D eigenvalue weighted by Gasteiger charge is -2.25. The largest absolute Gasteiger partial charge is 0.454 e. The lowest BCUT2D eigenvalue weighted by molar-refractivity contribution is -0.154. The molecule has 0 aliphatic heterocycles. The second kappa shape index (κ2) is 14.3. The molecular formula is C31H34ClF3N10O3. The molecule has 0 bridgehead atoms. The average Bonchev–Trinajstić information content (AvgIpc) is 3.62. The Morgan fingerprint density at radius 1 is 0.938 bits per heavy atom. The number of aromatic amines is 1. The van der Waals surface area contributed by atoms with Crippen LogP contribution in [0.25, 0.3) is 0 Å². The van der Waals surface area contributed by atoms with Crippen molar-refractivity contribution in [1.29, 1.82) is 0 Å². The third-order valence-corrected chi connectivity index (χ3v) is 7.56. The van der Waals surface area contributed by atoms with E-state index in [1.165, 1.54) is 0 Å². The van der Waals surface area contributed by atoms with Gasteiger partial charge in [-0.1, -0.05) is 37.6 Å². The van der Waals surface area contributed by atoms with Crippen LogP contribution in [0.15, 0.2) is 60.8 Å². The molecule has 0 unspecified atom stereocenters. The molecule has 1 saturated carbocycles. The first-order chi connectivity index (χ1) is 22.8. The van der Waals surface area contributed by atoms with E-state index in [2.05, 4.69) is 51.7 Å². The molecule has 1 aliphatic rings. The molecule has 1 aliphatic carbocycles. The topological polar surface area (TPSA) is 171 Å². The van der Waals surface area contributed by atoms with Crippen molar-refractivity contribution >= 4 is 46.8 Å². The van der Waals surface area contributed by atoms with Gasteiger partial charge in [0.2, 0.25) is 17.8 Å². The Morgan fingerprint density at radius 2 is 1.62 bits per heavy atom. The smallest absolute Gasteiger partial charge is 0.422 e. The number of carbonyl (C=O) groups excluding carboxylic acids is 2. The predicted molar refractivity (Wildman–Crippen MR) is 173 cm³/mol. The molecule has 2 aromatic heterocycles. The lowest BCUT2D eigenvalue weighted by atomic mass is 9.93. The van der Waals surface area contributed by atoms with Gasteiger partial charge in [0.1, 0.15) is 5.82 Å². The van der Waals surface area contributed by atoms with Crippen LogP contribution in [0.1, 0.15) is 42.6 Å². The van der Waals surface area contributed by atoms with Gasteiger partial charge >= 0.3 is 12.2 Å². The quantitative estimate of drug-likeness (QED) is 0.0998. The molecule has 0 atom stereocenters. The number of rotatable bonds is 15. The van der Waals surface area contributed by atoms with E-state index in [4.69, 9.17) is 16.3 Å². The first kappa shape index (κ1) is 34.2. The van der Waals surface area contributed by atoms with E-state index >= 15 is 0 Å². The highest BCUT2D eigenvalue weighted by Gasteiger charge is 2.45. The highest BCUT2D eigenvalue weighted by molar-refractivity contribution is 6.30. The summed E-state index contributed by atoms with van der Waals surface area (Å²) < 4.78 is 43.5. The van der Waals surface area contributed by atoms with E-state index < -0.39 is 29.7 Å². The van der Waals surface area contributed by atoms with Crippen molar-refractivity contribution in [3.05, 3.63) is 76.9 Å². The summed E-state index contributed by atoms with van der Waals surface area (Å²) in [7, 11) is 0. The summed E-state index contributed by atoms with van der Waals surface area (Å²) >= 11 is 6.03. The Kier molecular flexibility index (Phi) is 10.2. The van der Waals surface area contributed by atoms with Gasteiger partial charge in [-0.2, -0.15) is 33.2 Å². The van der Waals surface area contributed by atoms with Gasteiger partial charge < -0.3 is 31.3 Å². The highest BCUT2D eigenvalue weighted by atomic mass is 35.5.